The molecule has 0 spiro atoms. The molecule has 1 aliphatic carbocycles. The molecular formula is C20H19N3OS. The number of amides is 1. The van der Waals surface area contributed by atoms with Gasteiger partial charge in [0.05, 0.1) is 17.7 Å². The molecule has 0 unspecified atom stereocenters. The van der Waals surface area contributed by atoms with Crippen molar-refractivity contribution in [3.8, 4) is 17.3 Å². The summed E-state index contributed by atoms with van der Waals surface area (Å²) in [6.45, 7) is 0. The number of rotatable bonds is 2. The minimum Gasteiger partial charge on any atom is -0.315 e. The number of likely N-dealkylation sites (N-methyl/N-ethyl adjacent to an activating group) is 1. The number of thiazole rings is 1. The molecule has 126 valence electrons. The lowest BCUT2D eigenvalue weighted by Crippen LogP contribution is -2.20. The molecule has 0 N–H and O–H groups in total. The summed E-state index contributed by atoms with van der Waals surface area (Å²) >= 11 is 1.54. The predicted molar refractivity (Wildman–Crippen MR) is 100 cm³/mol. The molecule has 4 nitrogen and oxygen atoms in total. The van der Waals surface area contributed by atoms with Crippen molar-refractivity contribution in [1.29, 1.82) is 5.26 Å². The summed E-state index contributed by atoms with van der Waals surface area (Å²) in [5.74, 6) is 0.125. The smallest absolute Gasteiger partial charge is 0.231 e. The lowest BCUT2D eigenvalue weighted by molar-refractivity contribution is -0.117. The van der Waals surface area contributed by atoms with Gasteiger partial charge in [-0.25, -0.2) is 4.98 Å². The molecule has 5 heteroatoms. The highest BCUT2D eigenvalue weighted by Crippen LogP contribution is 2.35. The van der Waals surface area contributed by atoms with E-state index >= 15 is 0 Å². The number of benzene rings is 1. The zero-order valence-corrected chi connectivity index (χ0v) is 15.0. The number of hydrogen-bond acceptors (Lipinski definition) is 4. The average Bonchev–Trinajstić information content (AvgIpc) is 3.22. The number of hydrogen-bond donors (Lipinski definition) is 0. The van der Waals surface area contributed by atoms with Crippen LogP contribution in [0.15, 0.2) is 29.2 Å². The molecule has 0 atom stereocenters. The Hall–Kier alpha value is -2.45. The van der Waals surface area contributed by atoms with Gasteiger partial charge in [-0.1, -0.05) is 12.5 Å². The van der Waals surface area contributed by atoms with Gasteiger partial charge < -0.3 is 4.90 Å². The number of nitrogens with zero attached hydrogens (tertiary/aromatic N) is 3. The fourth-order valence-corrected chi connectivity index (χ4v) is 4.53. The Morgan fingerprint density at radius 2 is 2.08 bits per heavy atom. The number of carbonyl (C=O) groups excluding carboxylic acids is 1. The van der Waals surface area contributed by atoms with E-state index < -0.39 is 0 Å². The Bertz CT molecular complexity index is 911. The topological polar surface area (TPSA) is 57.0 Å². The second kappa shape index (κ2) is 6.45. The van der Waals surface area contributed by atoms with Crippen molar-refractivity contribution in [3.63, 3.8) is 0 Å². The molecule has 1 aromatic carbocycles. The minimum absolute atomic E-state index is 0.125. The van der Waals surface area contributed by atoms with Crippen molar-refractivity contribution >= 4 is 28.5 Å². The van der Waals surface area contributed by atoms with Gasteiger partial charge >= 0.3 is 0 Å². The van der Waals surface area contributed by atoms with Crippen molar-refractivity contribution in [2.45, 2.75) is 38.5 Å². The zero-order chi connectivity index (χ0) is 17.4. The van der Waals surface area contributed by atoms with E-state index in [1.165, 1.54) is 36.2 Å². The fourth-order valence-electron chi connectivity index (χ4n) is 3.66. The highest BCUT2D eigenvalue weighted by molar-refractivity contribution is 7.11. The van der Waals surface area contributed by atoms with E-state index in [9.17, 15) is 10.1 Å². The normalized spacial score (nSPS) is 16.7. The lowest BCUT2D eigenvalue weighted by atomic mass is 9.91. The molecule has 1 amide bonds. The number of carbonyl (C=O) groups is 1. The highest BCUT2D eigenvalue weighted by atomic mass is 32.1. The van der Waals surface area contributed by atoms with Crippen LogP contribution >= 0.6 is 11.3 Å². The standard InChI is InChI=1S/C20H19N3OS/c1-23-18-8-7-14(9-15(18)10-19(23)24)17-12-25-20(22-17)16(11-21)13-5-3-2-4-6-13/h7-9,12H,2-6,10H2,1H3. The summed E-state index contributed by atoms with van der Waals surface area (Å²) < 4.78 is 0. The molecule has 25 heavy (non-hydrogen) atoms. The summed E-state index contributed by atoms with van der Waals surface area (Å²) in [5, 5.41) is 12.4. The molecule has 2 aromatic rings. The first kappa shape index (κ1) is 16.0. The lowest BCUT2D eigenvalue weighted by Gasteiger charge is -2.14. The van der Waals surface area contributed by atoms with Gasteiger partial charge in [0.2, 0.25) is 5.91 Å². The molecule has 1 saturated carbocycles. The first-order valence-electron chi connectivity index (χ1n) is 8.65. The maximum atomic E-state index is 11.9. The number of allylic oxidation sites excluding steroid dienone is 2. The van der Waals surface area contributed by atoms with Crippen LogP contribution in [0.4, 0.5) is 5.69 Å². The summed E-state index contributed by atoms with van der Waals surface area (Å²) in [5.41, 5.74) is 5.95. The molecule has 0 saturated heterocycles. The van der Waals surface area contributed by atoms with Gasteiger partial charge in [0.25, 0.3) is 0 Å². The molecule has 1 aromatic heterocycles. The number of anilines is 1. The Morgan fingerprint density at radius 3 is 2.84 bits per heavy atom. The quantitative estimate of drug-likeness (QED) is 0.746. The van der Waals surface area contributed by atoms with Crippen LogP contribution in [0.25, 0.3) is 16.8 Å². The molecule has 0 bridgehead atoms. The molecule has 1 aliphatic heterocycles. The third kappa shape index (κ3) is 2.87. The van der Waals surface area contributed by atoms with Crippen molar-refractivity contribution in [2.75, 3.05) is 11.9 Å². The van der Waals surface area contributed by atoms with Crippen LogP contribution in [0.2, 0.25) is 0 Å². The van der Waals surface area contributed by atoms with E-state index in [1.54, 1.807) is 4.90 Å². The van der Waals surface area contributed by atoms with Crippen LogP contribution in [-0.4, -0.2) is 17.9 Å². The van der Waals surface area contributed by atoms with Gasteiger partial charge in [-0.3, -0.25) is 4.79 Å². The molecule has 1 fully saturated rings. The fraction of sp³-hybridized carbons (Fsp3) is 0.350. The Morgan fingerprint density at radius 1 is 1.28 bits per heavy atom. The first-order valence-corrected chi connectivity index (χ1v) is 9.53. The molecule has 2 heterocycles. The third-order valence-corrected chi connectivity index (χ3v) is 5.95. The van der Waals surface area contributed by atoms with Crippen molar-refractivity contribution < 1.29 is 4.79 Å². The Kier molecular flexibility index (Phi) is 4.14. The van der Waals surface area contributed by atoms with Gasteiger partial charge in [-0.05, 0) is 49.0 Å². The van der Waals surface area contributed by atoms with Gasteiger partial charge in [0, 0.05) is 23.7 Å². The Balaban J connectivity index is 1.67. The van der Waals surface area contributed by atoms with Gasteiger partial charge in [0.1, 0.15) is 11.1 Å². The van der Waals surface area contributed by atoms with Crippen molar-refractivity contribution in [1.82, 2.24) is 4.98 Å². The van der Waals surface area contributed by atoms with Gasteiger partial charge in [0.15, 0.2) is 0 Å². The van der Waals surface area contributed by atoms with Crippen LogP contribution in [-0.2, 0) is 11.2 Å². The second-order valence-electron chi connectivity index (χ2n) is 6.66. The summed E-state index contributed by atoms with van der Waals surface area (Å²) in [4.78, 5) is 18.3. The molecule has 0 radical (unpaired) electrons. The van der Waals surface area contributed by atoms with E-state index in [0.29, 0.717) is 6.42 Å². The minimum atomic E-state index is 0.125. The highest BCUT2D eigenvalue weighted by Gasteiger charge is 2.24. The zero-order valence-electron chi connectivity index (χ0n) is 14.2. The number of aromatic nitrogens is 1. The molecule has 2 aliphatic rings. The van der Waals surface area contributed by atoms with E-state index in [2.05, 4.69) is 12.1 Å². The van der Waals surface area contributed by atoms with Gasteiger partial charge in [-0.2, -0.15) is 5.26 Å². The van der Waals surface area contributed by atoms with Crippen LogP contribution in [0.5, 0.6) is 0 Å². The molecular weight excluding hydrogens is 330 g/mol. The first-order chi connectivity index (χ1) is 12.2. The van der Waals surface area contributed by atoms with Crippen molar-refractivity contribution in [3.05, 3.63) is 39.7 Å². The SMILES string of the molecule is CN1C(=O)Cc2cc(-c3csc(C(C#N)=C4CCCCC4)n3)ccc21. The van der Waals surface area contributed by atoms with Crippen LogP contribution in [0, 0.1) is 11.3 Å². The van der Waals surface area contributed by atoms with E-state index in [0.717, 1.165) is 45.9 Å². The summed E-state index contributed by atoms with van der Waals surface area (Å²) in [6, 6.07) is 8.43. The number of fused-ring (bicyclic) bond motifs is 1. The third-order valence-electron chi connectivity index (χ3n) is 5.09. The van der Waals surface area contributed by atoms with Crippen LogP contribution in [0.3, 0.4) is 0 Å². The maximum Gasteiger partial charge on any atom is 0.231 e. The predicted octanol–water partition coefficient (Wildman–Crippen LogP) is 4.57. The number of nitriles is 1. The second-order valence-corrected chi connectivity index (χ2v) is 7.52. The van der Waals surface area contributed by atoms with Gasteiger partial charge in [-0.15, -0.1) is 11.3 Å². The summed E-state index contributed by atoms with van der Waals surface area (Å²) in [6.07, 6.45) is 6.09. The molecule has 4 rings (SSSR count). The summed E-state index contributed by atoms with van der Waals surface area (Å²) in [7, 11) is 1.81. The monoisotopic (exact) mass is 349 g/mol. The largest absolute Gasteiger partial charge is 0.315 e. The van der Waals surface area contributed by atoms with Crippen molar-refractivity contribution in [2.24, 2.45) is 0 Å². The van der Waals surface area contributed by atoms with E-state index in [-0.39, 0.29) is 5.91 Å². The average molecular weight is 349 g/mol. The Labute approximate surface area is 151 Å². The van der Waals surface area contributed by atoms with E-state index in [1.807, 2.05) is 24.6 Å². The van der Waals surface area contributed by atoms with Crippen LogP contribution in [0.1, 0.15) is 42.7 Å². The van der Waals surface area contributed by atoms with Crippen LogP contribution < -0.4 is 4.90 Å². The maximum absolute atomic E-state index is 11.9. The van der Waals surface area contributed by atoms with E-state index in [4.69, 9.17) is 4.98 Å².